The SMILES string of the molecule is CC(C)n1cc(C(F)(F)F)nc1[C@H]1CCC(N2CCC3(CSC3)C2)C1. The summed E-state index contributed by atoms with van der Waals surface area (Å²) < 4.78 is 41.0. The summed E-state index contributed by atoms with van der Waals surface area (Å²) in [7, 11) is 0. The van der Waals surface area contributed by atoms with E-state index in [-0.39, 0.29) is 12.0 Å². The van der Waals surface area contributed by atoms with Gasteiger partial charge in [0, 0.05) is 47.7 Å². The summed E-state index contributed by atoms with van der Waals surface area (Å²) in [6, 6.07) is 0.515. The first-order valence-electron chi connectivity index (χ1n) is 9.25. The molecule has 140 valence electrons. The predicted molar refractivity (Wildman–Crippen MR) is 93.9 cm³/mol. The van der Waals surface area contributed by atoms with Crippen molar-refractivity contribution in [3.8, 4) is 0 Å². The van der Waals surface area contributed by atoms with Crippen molar-refractivity contribution in [3.63, 3.8) is 0 Å². The monoisotopic (exact) mass is 373 g/mol. The van der Waals surface area contributed by atoms with Crippen LogP contribution in [0.25, 0.3) is 0 Å². The highest BCUT2D eigenvalue weighted by Crippen LogP contribution is 2.48. The zero-order chi connectivity index (χ0) is 17.8. The molecule has 3 nitrogen and oxygen atoms in total. The number of rotatable bonds is 3. The topological polar surface area (TPSA) is 21.1 Å². The van der Waals surface area contributed by atoms with Crippen molar-refractivity contribution < 1.29 is 13.2 Å². The number of hydrogen-bond donors (Lipinski definition) is 0. The standard InChI is InChI=1S/C18H26F3N3S/c1-12(2)24-8-15(18(19,20)21)22-16(24)13-3-4-14(7-13)23-6-5-17(9-23)10-25-11-17/h8,12-14H,3-7,9-11H2,1-2H3/t13-,14?/m0/s1. The summed E-state index contributed by atoms with van der Waals surface area (Å²) in [5, 5.41) is 0. The maximum absolute atomic E-state index is 13.1. The van der Waals surface area contributed by atoms with E-state index < -0.39 is 11.9 Å². The van der Waals surface area contributed by atoms with Crippen LogP contribution in [0.3, 0.4) is 0 Å². The van der Waals surface area contributed by atoms with Crippen LogP contribution in [0, 0.1) is 5.41 Å². The molecule has 3 heterocycles. The summed E-state index contributed by atoms with van der Waals surface area (Å²) in [6.45, 7) is 6.20. The Morgan fingerprint density at radius 2 is 2.04 bits per heavy atom. The van der Waals surface area contributed by atoms with Crippen molar-refractivity contribution in [2.45, 2.75) is 63.7 Å². The van der Waals surface area contributed by atoms with E-state index >= 15 is 0 Å². The van der Waals surface area contributed by atoms with Gasteiger partial charge in [-0.3, -0.25) is 4.90 Å². The summed E-state index contributed by atoms with van der Waals surface area (Å²) in [4.78, 5) is 6.62. The molecular weight excluding hydrogens is 347 g/mol. The second-order valence-electron chi connectivity index (χ2n) is 8.36. The largest absolute Gasteiger partial charge is 0.434 e. The molecule has 2 saturated heterocycles. The smallest absolute Gasteiger partial charge is 0.332 e. The van der Waals surface area contributed by atoms with E-state index in [1.165, 1.54) is 30.7 Å². The van der Waals surface area contributed by atoms with E-state index in [9.17, 15) is 13.2 Å². The van der Waals surface area contributed by atoms with Crippen LogP contribution in [-0.4, -0.2) is 45.1 Å². The Labute approximate surface area is 151 Å². The van der Waals surface area contributed by atoms with Crippen molar-refractivity contribution in [1.29, 1.82) is 0 Å². The number of likely N-dealkylation sites (tertiary alicyclic amines) is 1. The molecule has 1 saturated carbocycles. The van der Waals surface area contributed by atoms with Crippen LogP contribution >= 0.6 is 11.8 Å². The van der Waals surface area contributed by atoms with E-state index in [1.807, 2.05) is 25.6 Å². The van der Waals surface area contributed by atoms with Gasteiger partial charge in [-0.1, -0.05) is 0 Å². The molecule has 1 unspecified atom stereocenters. The molecule has 1 spiro atoms. The molecule has 7 heteroatoms. The Balaban J connectivity index is 1.49. The fourth-order valence-corrected chi connectivity index (χ4v) is 5.94. The van der Waals surface area contributed by atoms with Gasteiger partial charge in [0.05, 0.1) is 0 Å². The Hall–Kier alpha value is -0.690. The van der Waals surface area contributed by atoms with Gasteiger partial charge in [0.25, 0.3) is 0 Å². The third kappa shape index (κ3) is 3.22. The molecule has 3 aliphatic rings. The molecule has 0 N–H and O–H groups in total. The first kappa shape index (κ1) is 17.7. The molecule has 2 atom stereocenters. The summed E-state index contributed by atoms with van der Waals surface area (Å²) in [5.41, 5.74) is -0.200. The predicted octanol–water partition coefficient (Wildman–Crippen LogP) is 4.56. The van der Waals surface area contributed by atoms with Crippen LogP contribution in [0.5, 0.6) is 0 Å². The summed E-state index contributed by atoms with van der Waals surface area (Å²) in [6.07, 6.45) is 1.11. The van der Waals surface area contributed by atoms with Crippen LogP contribution in [0.4, 0.5) is 13.2 Å². The maximum atomic E-state index is 13.1. The highest BCUT2D eigenvalue weighted by Gasteiger charge is 2.46. The zero-order valence-electron chi connectivity index (χ0n) is 14.9. The molecule has 0 bridgehead atoms. The summed E-state index contributed by atoms with van der Waals surface area (Å²) in [5.74, 6) is 3.35. The molecular formula is C18H26F3N3S. The van der Waals surface area contributed by atoms with Crippen LogP contribution in [0.1, 0.15) is 63.0 Å². The van der Waals surface area contributed by atoms with E-state index in [0.29, 0.717) is 17.3 Å². The van der Waals surface area contributed by atoms with Gasteiger partial charge >= 0.3 is 6.18 Å². The van der Waals surface area contributed by atoms with Crippen molar-refractivity contribution in [3.05, 3.63) is 17.7 Å². The molecule has 1 aromatic heterocycles. The van der Waals surface area contributed by atoms with Gasteiger partial charge in [-0.2, -0.15) is 24.9 Å². The molecule has 2 aliphatic heterocycles. The van der Waals surface area contributed by atoms with Gasteiger partial charge in [-0.15, -0.1) is 0 Å². The van der Waals surface area contributed by atoms with Gasteiger partial charge in [-0.25, -0.2) is 4.98 Å². The fourth-order valence-electron chi connectivity index (χ4n) is 4.69. The normalized spacial score (nSPS) is 29.7. The minimum absolute atomic E-state index is 0.000271. The van der Waals surface area contributed by atoms with Crippen LogP contribution < -0.4 is 0 Å². The molecule has 25 heavy (non-hydrogen) atoms. The number of halogens is 3. The minimum Gasteiger partial charge on any atom is -0.332 e. The lowest BCUT2D eigenvalue weighted by molar-refractivity contribution is -0.141. The lowest BCUT2D eigenvalue weighted by atomic mass is 9.91. The van der Waals surface area contributed by atoms with Gasteiger partial charge in [0.1, 0.15) is 5.82 Å². The van der Waals surface area contributed by atoms with Gasteiger partial charge < -0.3 is 4.57 Å². The third-order valence-electron chi connectivity index (χ3n) is 6.18. The van der Waals surface area contributed by atoms with Gasteiger partial charge in [-0.05, 0) is 46.1 Å². The highest BCUT2D eigenvalue weighted by atomic mass is 32.2. The van der Waals surface area contributed by atoms with Crippen LogP contribution in [-0.2, 0) is 6.18 Å². The second kappa shape index (κ2) is 6.19. The Bertz CT molecular complexity index is 636. The molecule has 0 amide bonds. The lowest BCUT2D eigenvalue weighted by Gasteiger charge is -2.38. The van der Waals surface area contributed by atoms with Crippen LogP contribution in [0.2, 0.25) is 0 Å². The van der Waals surface area contributed by atoms with E-state index in [0.717, 1.165) is 25.8 Å². The molecule has 0 aromatic carbocycles. The Kier molecular flexibility index (Phi) is 4.38. The Morgan fingerprint density at radius 1 is 1.28 bits per heavy atom. The fraction of sp³-hybridized carbons (Fsp3) is 0.833. The van der Waals surface area contributed by atoms with Crippen molar-refractivity contribution in [2.75, 3.05) is 24.6 Å². The minimum atomic E-state index is -4.36. The number of imidazole rings is 1. The summed E-state index contributed by atoms with van der Waals surface area (Å²) >= 11 is 2.04. The average Bonchev–Trinajstić information content (AvgIpc) is 3.22. The first-order valence-corrected chi connectivity index (χ1v) is 10.4. The van der Waals surface area contributed by atoms with E-state index in [4.69, 9.17) is 0 Å². The molecule has 1 aliphatic carbocycles. The van der Waals surface area contributed by atoms with Gasteiger partial charge in [0.15, 0.2) is 5.69 Å². The number of thioether (sulfide) groups is 1. The van der Waals surface area contributed by atoms with Crippen LogP contribution in [0.15, 0.2) is 6.20 Å². The number of nitrogens with zero attached hydrogens (tertiary/aromatic N) is 3. The number of hydrogen-bond acceptors (Lipinski definition) is 3. The number of aromatic nitrogens is 2. The highest BCUT2D eigenvalue weighted by molar-refractivity contribution is 8.00. The first-order chi connectivity index (χ1) is 11.8. The maximum Gasteiger partial charge on any atom is 0.434 e. The van der Waals surface area contributed by atoms with Crippen molar-refractivity contribution in [2.24, 2.45) is 5.41 Å². The second-order valence-corrected chi connectivity index (χ2v) is 9.35. The molecule has 3 fully saturated rings. The molecule has 4 rings (SSSR count). The zero-order valence-corrected chi connectivity index (χ0v) is 15.7. The van der Waals surface area contributed by atoms with E-state index in [1.54, 1.807) is 4.57 Å². The Morgan fingerprint density at radius 3 is 2.60 bits per heavy atom. The van der Waals surface area contributed by atoms with Gasteiger partial charge in [0.2, 0.25) is 0 Å². The van der Waals surface area contributed by atoms with Crippen molar-refractivity contribution >= 4 is 11.8 Å². The average molecular weight is 373 g/mol. The third-order valence-corrected chi connectivity index (χ3v) is 7.81. The molecule has 1 aromatic rings. The van der Waals surface area contributed by atoms with Crippen molar-refractivity contribution in [1.82, 2.24) is 14.5 Å². The quantitative estimate of drug-likeness (QED) is 0.775. The lowest BCUT2D eigenvalue weighted by Crippen LogP contribution is -2.40. The number of alkyl halides is 3. The van der Waals surface area contributed by atoms with E-state index in [2.05, 4.69) is 9.88 Å². The molecule has 0 radical (unpaired) electrons.